The molecule has 5 nitrogen and oxygen atoms in total. The number of aromatic carboxylic acids is 1. The summed E-state index contributed by atoms with van der Waals surface area (Å²) in [6, 6.07) is 1.60. The molecule has 1 aromatic heterocycles. The van der Waals surface area contributed by atoms with E-state index in [2.05, 4.69) is 5.32 Å². The molecule has 1 heterocycles. The highest BCUT2D eigenvalue weighted by Gasteiger charge is 2.23. The third kappa shape index (κ3) is 4.33. The highest BCUT2D eigenvalue weighted by atomic mass is 32.1. The minimum atomic E-state index is -1.03. The molecular formula is C13H19NO4S. The summed E-state index contributed by atoms with van der Waals surface area (Å²) in [5, 5.41) is 12.1. The number of anilines is 1. The number of aryl methyl sites for hydroxylation is 1. The molecule has 6 heteroatoms. The lowest BCUT2D eigenvalue weighted by Gasteiger charge is -2.21. The van der Waals surface area contributed by atoms with E-state index in [1.807, 2.05) is 6.92 Å². The van der Waals surface area contributed by atoms with Gasteiger partial charge in [0.1, 0.15) is 5.00 Å². The number of rotatable bonds is 6. The summed E-state index contributed by atoms with van der Waals surface area (Å²) in [5.74, 6) is -1.28. The fraction of sp³-hybridized carbons (Fsp3) is 0.538. The van der Waals surface area contributed by atoms with Crippen molar-refractivity contribution in [3.63, 3.8) is 0 Å². The Morgan fingerprint density at radius 3 is 2.58 bits per heavy atom. The second-order valence-corrected chi connectivity index (χ2v) is 5.94. The fourth-order valence-corrected chi connectivity index (χ4v) is 2.50. The number of methoxy groups -OCH3 is 1. The summed E-state index contributed by atoms with van der Waals surface area (Å²) in [7, 11) is 1.54. The SMILES string of the molecule is CCc1cc(C(=O)O)c(NC(=O)CC(C)(C)OC)s1. The van der Waals surface area contributed by atoms with Crippen molar-refractivity contribution < 1.29 is 19.4 Å². The molecular weight excluding hydrogens is 266 g/mol. The highest BCUT2D eigenvalue weighted by molar-refractivity contribution is 7.16. The maximum atomic E-state index is 11.9. The van der Waals surface area contributed by atoms with E-state index in [0.717, 1.165) is 11.3 Å². The van der Waals surface area contributed by atoms with Gasteiger partial charge in [-0.1, -0.05) is 6.92 Å². The van der Waals surface area contributed by atoms with E-state index >= 15 is 0 Å². The van der Waals surface area contributed by atoms with Crippen molar-refractivity contribution in [3.8, 4) is 0 Å². The maximum absolute atomic E-state index is 11.9. The number of hydrogen-bond acceptors (Lipinski definition) is 4. The molecule has 19 heavy (non-hydrogen) atoms. The number of carbonyl (C=O) groups is 2. The summed E-state index contributed by atoms with van der Waals surface area (Å²) in [6.07, 6.45) is 0.909. The predicted octanol–water partition coefficient (Wildman–Crippen LogP) is 2.76. The van der Waals surface area contributed by atoms with Crippen LogP contribution in [0, 0.1) is 0 Å². The van der Waals surface area contributed by atoms with E-state index in [4.69, 9.17) is 9.84 Å². The number of carbonyl (C=O) groups excluding carboxylic acids is 1. The number of carboxylic acid groups (broad SMARTS) is 1. The molecule has 0 unspecified atom stereocenters. The maximum Gasteiger partial charge on any atom is 0.338 e. The van der Waals surface area contributed by atoms with Crippen molar-refractivity contribution in [3.05, 3.63) is 16.5 Å². The normalized spacial score (nSPS) is 11.4. The molecule has 0 atom stereocenters. The molecule has 0 aromatic carbocycles. The minimum absolute atomic E-state index is 0.144. The lowest BCUT2D eigenvalue weighted by molar-refractivity contribution is -0.121. The molecule has 0 radical (unpaired) electrons. The van der Waals surface area contributed by atoms with Crippen LogP contribution >= 0.6 is 11.3 Å². The first-order valence-electron chi connectivity index (χ1n) is 6.00. The monoisotopic (exact) mass is 285 g/mol. The average Bonchev–Trinajstić information content (AvgIpc) is 2.71. The summed E-state index contributed by atoms with van der Waals surface area (Å²) in [4.78, 5) is 23.9. The van der Waals surface area contributed by atoms with E-state index in [-0.39, 0.29) is 17.9 Å². The van der Waals surface area contributed by atoms with Gasteiger partial charge in [-0.25, -0.2) is 4.79 Å². The van der Waals surface area contributed by atoms with Gasteiger partial charge in [0.2, 0.25) is 5.91 Å². The Labute approximate surface area is 116 Å². The molecule has 0 spiro atoms. The summed E-state index contributed by atoms with van der Waals surface area (Å²) in [6.45, 7) is 5.55. The van der Waals surface area contributed by atoms with Crippen molar-refractivity contribution in [1.29, 1.82) is 0 Å². The number of nitrogens with one attached hydrogen (secondary N) is 1. The third-order valence-electron chi connectivity index (χ3n) is 2.75. The van der Waals surface area contributed by atoms with Crippen LogP contribution in [0.5, 0.6) is 0 Å². The number of amides is 1. The summed E-state index contributed by atoms with van der Waals surface area (Å²) < 4.78 is 5.18. The number of carboxylic acids is 1. The first-order chi connectivity index (χ1) is 8.79. The van der Waals surface area contributed by atoms with Crippen molar-refractivity contribution in [2.75, 3.05) is 12.4 Å². The standard InChI is InChI=1S/C13H19NO4S/c1-5-8-6-9(12(16)17)11(19-8)14-10(15)7-13(2,3)18-4/h6H,5,7H2,1-4H3,(H,14,15)(H,16,17). The van der Waals surface area contributed by atoms with Crippen LogP contribution < -0.4 is 5.32 Å². The summed E-state index contributed by atoms with van der Waals surface area (Å²) in [5.41, 5.74) is -0.427. The topological polar surface area (TPSA) is 75.6 Å². The zero-order valence-corrected chi connectivity index (χ0v) is 12.4. The van der Waals surface area contributed by atoms with Gasteiger partial charge >= 0.3 is 5.97 Å². The first-order valence-corrected chi connectivity index (χ1v) is 6.81. The largest absolute Gasteiger partial charge is 0.478 e. The Bertz CT molecular complexity index is 479. The lowest BCUT2D eigenvalue weighted by Crippen LogP contribution is -2.29. The van der Waals surface area contributed by atoms with Crippen molar-refractivity contribution in [2.45, 2.75) is 39.2 Å². The molecule has 0 aliphatic rings. The number of ether oxygens (including phenoxy) is 1. The van der Waals surface area contributed by atoms with Gasteiger partial charge in [-0.05, 0) is 26.3 Å². The molecule has 1 amide bonds. The van der Waals surface area contributed by atoms with E-state index in [1.165, 1.54) is 18.4 Å². The number of thiophene rings is 1. The molecule has 0 saturated carbocycles. The number of hydrogen-bond donors (Lipinski definition) is 2. The van der Waals surface area contributed by atoms with Gasteiger partial charge in [-0.3, -0.25) is 4.79 Å². The quantitative estimate of drug-likeness (QED) is 0.842. The lowest BCUT2D eigenvalue weighted by atomic mass is 10.1. The molecule has 0 saturated heterocycles. The fourth-order valence-electron chi connectivity index (χ4n) is 1.50. The Hall–Kier alpha value is -1.40. The third-order valence-corrected chi connectivity index (χ3v) is 3.95. The zero-order chi connectivity index (χ0) is 14.6. The van der Waals surface area contributed by atoms with E-state index in [1.54, 1.807) is 19.9 Å². The van der Waals surface area contributed by atoms with Gasteiger partial charge in [0.25, 0.3) is 0 Å². The molecule has 0 aliphatic heterocycles. The van der Waals surface area contributed by atoms with Gasteiger partial charge in [0.15, 0.2) is 0 Å². The molecule has 2 N–H and O–H groups in total. The highest BCUT2D eigenvalue weighted by Crippen LogP contribution is 2.29. The van der Waals surface area contributed by atoms with Crippen LogP contribution in [-0.4, -0.2) is 29.7 Å². The minimum Gasteiger partial charge on any atom is -0.478 e. The van der Waals surface area contributed by atoms with E-state index in [9.17, 15) is 9.59 Å². The molecule has 106 valence electrons. The van der Waals surface area contributed by atoms with Crippen LogP contribution in [0.4, 0.5) is 5.00 Å². The predicted molar refractivity (Wildman–Crippen MR) is 75.0 cm³/mol. The Kier molecular flexibility index (Phi) is 5.08. The van der Waals surface area contributed by atoms with Crippen molar-refractivity contribution in [1.82, 2.24) is 0 Å². The second-order valence-electron chi connectivity index (χ2n) is 4.80. The smallest absolute Gasteiger partial charge is 0.338 e. The van der Waals surface area contributed by atoms with Gasteiger partial charge in [0.05, 0.1) is 17.6 Å². The summed E-state index contributed by atoms with van der Waals surface area (Å²) >= 11 is 1.30. The average molecular weight is 285 g/mol. The van der Waals surface area contributed by atoms with Crippen LogP contribution in [0.25, 0.3) is 0 Å². The van der Waals surface area contributed by atoms with Crippen LogP contribution in [0.15, 0.2) is 6.07 Å². The van der Waals surface area contributed by atoms with Crippen LogP contribution in [0.3, 0.4) is 0 Å². The van der Waals surface area contributed by atoms with Crippen LogP contribution in [-0.2, 0) is 16.0 Å². The van der Waals surface area contributed by atoms with Gasteiger partial charge in [-0.15, -0.1) is 11.3 Å². The Morgan fingerprint density at radius 1 is 1.47 bits per heavy atom. The second kappa shape index (κ2) is 6.16. The molecule has 1 rings (SSSR count). The van der Waals surface area contributed by atoms with Crippen molar-refractivity contribution in [2.24, 2.45) is 0 Å². The van der Waals surface area contributed by atoms with Gasteiger partial charge in [0, 0.05) is 12.0 Å². The van der Waals surface area contributed by atoms with Gasteiger partial charge in [-0.2, -0.15) is 0 Å². The Morgan fingerprint density at radius 2 is 2.11 bits per heavy atom. The van der Waals surface area contributed by atoms with E-state index in [0.29, 0.717) is 5.00 Å². The first kappa shape index (κ1) is 15.7. The van der Waals surface area contributed by atoms with Crippen molar-refractivity contribution >= 4 is 28.2 Å². The molecule has 0 fully saturated rings. The zero-order valence-electron chi connectivity index (χ0n) is 11.6. The molecule has 0 bridgehead atoms. The molecule has 1 aromatic rings. The van der Waals surface area contributed by atoms with Crippen LogP contribution in [0.1, 0.15) is 42.4 Å². The van der Waals surface area contributed by atoms with Gasteiger partial charge < -0.3 is 15.2 Å². The van der Waals surface area contributed by atoms with Crippen LogP contribution in [0.2, 0.25) is 0 Å². The van der Waals surface area contributed by atoms with E-state index < -0.39 is 11.6 Å². The Balaban J connectivity index is 2.84. The molecule has 0 aliphatic carbocycles.